The minimum atomic E-state index is -3.72. The van der Waals surface area contributed by atoms with Crippen LogP contribution in [0.3, 0.4) is 0 Å². The zero-order valence-corrected chi connectivity index (χ0v) is 13.1. The number of nitrogens with zero attached hydrogens (tertiary/aromatic N) is 1. The molecule has 1 unspecified atom stereocenters. The molecular weight excluding hydrogens is 318 g/mol. The molecule has 0 radical (unpaired) electrons. The van der Waals surface area contributed by atoms with Crippen molar-refractivity contribution in [1.29, 1.82) is 0 Å². The molecule has 0 aliphatic carbocycles. The third-order valence-electron chi connectivity index (χ3n) is 2.67. The summed E-state index contributed by atoms with van der Waals surface area (Å²) in [6, 6.07) is 4.30. The number of hydrogen-bond donors (Lipinski definition) is 2. The first-order valence-electron chi connectivity index (χ1n) is 5.84. The number of rotatable bonds is 5. The molecule has 0 saturated carbocycles. The lowest BCUT2D eigenvalue weighted by Crippen LogP contribution is -2.27. The first-order chi connectivity index (χ1) is 9.44. The third-order valence-corrected chi connectivity index (χ3v) is 5.66. The molecule has 0 aliphatic heterocycles. The average Bonchev–Trinajstić information content (AvgIpc) is 2.92. The van der Waals surface area contributed by atoms with Gasteiger partial charge >= 0.3 is 0 Å². The van der Waals surface area contributed by atoms with Crippen molar-refractivity contribution in [3.63, 3.8) is 0 Å². The van der Waals surface area contributed by atoms with Crippen LogP contribution in [0, 0.1) is 0 Å². The van der Waals surface area contributed by atoms with Crippen LogP contribution in [0.15, 0.2) is 34.7 Å². The zero-order valence-electron chi connectivity index (χ0n) is 10.7. The van der Waals surface area contributed by atoms with Crippen LogP contribution in [0.25, 0.3) is 0 Å². The minimum Gasteiger partial charge on any atom is -0.326 e. The highest BCUT2D eigenvalue weighted by Gasteiger charge is 2.22. The van der Waals surface area contributed by atoms with Gasteiger partial charge in [-0.2, -0.15) is 0 Å². The molecule has 0 amide bonds. The Hall–Kier alpha value is -0.990. The van der Waals surface area contributed by atoms with E-state index in [1.807, 2.05) is 0 Å². The summed E-state index contributed by atoms with van der Waals surface area (Å²) in [4.78, 5) is 4.12. The molecule has 2 aromatic rings. The first-order valence-corrected chi connectivity index (χ1v) is 8.58. The lowest BCUT2D eigenvalue weighted by molar-refractivity contribution is 0.566. The number of sulfonamides is 1. The van der Waals surface area contributed by atoms with Gasteiger partial charge in [-0.3, -0.25) is 0 Å². The number of hydrogen-bond acceptors (Lipinski definition) is 5. The van der Waals surface area contributed by atoms with Gasteiger partial charge in [-0.05, 0) is 24.6 Å². The van der Waals surface area contributed by atoms with Crippen molar-refractivity contribution in [1.82, 2.24) is 9.71 Å². The van der Waals surface area contributed by atoms with Gasteiger partial charge in [0.2, 0.25) is 10.0 Å². The van der Waals surface area contributed by atoms with E-state index in [-0.39, 0.29) is 16.5 Å². The molecule has 1 atom stereocenters. The van der Waals surface area contributed by atoms with E-state index in [1.165, 1.54) is 23.5 Å². The van der Waals surface area contributed by atoms with Crippen LogP contribution in [0.5, 0.6) is 0 Å². The molecule has 0 aliphatic rings. The van der Waals surface area contributed by atoms with Crippen LogP contribution >= 0.6 is 22.9 Å². The maximum atomic E-state index is 12.4. The first kappa shape index (κ1) is 15.4. The van der Waals surface area contributed by atoms with E-state index in [4.69, 9.17) is 17.3 Å². The Labute approximate surface area is 126 Å². The predicted molar refractivity (Wildman–Crippen MR) is 80.2 cm³/mol. The monoisotopic (exact) mass is 331 g/mol. The fraction of sp³-hybridized carbons (Fsp3) is 0.250. The number of thiazole rings is 1. The number of aromatic nitrogens is 1. The minimum absolute atomic E-state index is 0.0329. The van der Waals surface area contributed by atoms with Crippen molar-refractivity contribution in [2.75, 3.05) is 0 Å². The second-order valence-electron chi connectivity index (χ2n) is 4.18. The van der Waals surface area contributed by atoms with E-state index < -0.39 is 16.1 Å². The molecule has 1 heterocycles. The van der Waals surface area contributed by atoms with Gasteiger partial charge in [-0.15, -0.1) is 11.3 Å². The third kappa shape index (κ3) is 3.36. The average molecular weight is 332 g/mol. The van der Waals surface area contributed by atoms with Gasteiger partial charge in [0.15, 0.2) is 0 Å². The second kappa shape index (κ2) is 6.19. The van der Waals surface area contributed by atoms with E-state index in [0.717, 1.165) is 0 Å². The standard InChI is InChI=1S/C12H14ClN3O2S2/c1-8(12-15-4-5-19-12)16-20(17,18)11-6-9(7-14)2-3-10(11)13/h2-6,8,16H,7,14H2,1H3. The Morgan fingerprint density at radius 2 is 2.25 bits per heavy atom. The largest absolute Gasteiger partial charge is 0.326 e. The second-order valence-corrected chi connectivity index (χ2v) is 7.20. The summed E-state index contributed by atoms with van der Waals surface area (Å²) in [7, 11) is -3.72. The summed E-state index contributed by atoms with van der Waals surface area (Å²) in [6.45, 7) is 1.98. The normalized spacial score (nSPS) is 13.3. The molecule has 8 heteroatoms. The predicted octanol–water partition coefficient (Wildman–Crippen LogP) is 2.29. The number of benzene rings is 1. The van der Waals surface area contributed by atoms with Gasteiger partial charge < -0.3 is 5.73 Å². The Morgan fingerprint density at radius 3 is 2.85 bits per heavy atom. The molecule has 20 heavy (non-hydrogen) atoms. The summed E-state index contributed by atoms with van der Waals surface area (Å²) in [5, 5.41) is 2.66. The number of nitrogens with two attached hydrogens (primary N) is 1. The van der Waals surface area contributed by atoms with Gasteiger partial charge in [-0.25, -0.2) is 18.1 Å². The van der Waals surface area contributed by atoms with Gasteiger partial charge in [-0.1, -0.05) is 17.7 Å². The summed E-state index contributed by atoms with van der Waals surface area (Å²) in [6.07, 6.45) is 1.63. The van der Waals surface area contributed by atoms with Crippen LogP contribution in [-0.2, 0) is 16.6 Å². The van der Waals surface area contributed by atoms with Gasteiger partial charge in [0.1, 0.15) is 9.90 Å². The molecular formula is C12H14ClN3O2S2. The summed E-state index contributed by atoms with van der Waals surface area (Å²) in [5.74, 6) is 0. The lowest BCUT2D eigenvalue weighted by atomic mass is 10.2. The zero-order chi connectivity index (χ0) is 14.8. The Bertz CT molecular complexity index is 687. The van der Waals surface area contributed by atoms with Gasteiger partial charge in [0.05, 0.1) is 11.1 Å². The molecule has 1 aromatic carbocycles. The van der Waals surface area contributed by atoms with E-state index in [2.05, 4.69) is 9.71 Å². The number of halogens is 1. The van der Waals surface area contributed by atoms with Crippen molar-refractivity contribution in [3.8, 4) is 0 Å². The molecule has 0 bridgehead atoms. The Balaban J connectivity index is 2.31. The fourth-order valence-corrected chi connectivity index (χ4v) is 4.15. The van der Waals surface area contributed by atoms with Crippen LogP contribution in [0.2, 0.25) is 5.02 Å². The van der Waals surface area contributed by atoms with E-state index in [9.17, 15) is 8.42 Å². The summed E-state index contributed by atoms with van der Waals surface area (Å²) >= 11 is 7.36. The Kier molecular flexibility index (Phi) is 4.77. The van der Waals surface area contributed by atoms with Crippen molar-refractivity contribution in [2.45, 2.75) is 24.4 Å². The van der Waals surface area contributed by atoms with Crippen molar-refractivity contribution >= 4 is 33.0 Å². The van der Waals surface area contributed by atoms with Gasteiger partial charge in [0.25, 0.3) is 0 Å². The van der Waals surface area contributed by atoms with Crippen LogP contribution in [0.4, 0.5) is 0 Å². The van der Waals surface area contributed by atoms with Crippen molar-refractivity contribution < 1.29 is 8.42 Å². The number of nitrogens with one attached hydrogen (secondary N) is 1. The summed E-state index contributed by atoms with van der Waals surface area (Å²) in [5.41, 5.74) is 6.23. The maximum Gasteiger partial charge on any atom is 0.242 e. The van der Waals surface area contributed by atoms with Crippen molar-refractivity contribution in [2.24, 2.45) is 5.73 Å². The molecule has 3 N–H and O–H groups in total. The quantitative estimate of drug-likeness (QED) is 0.880. The Morgan fingerprint density at radius 1 is 1.50 bits per heavy atom. The van der Waals surface area contributed by atoms with E-state index in [0.29, 0.717) is 10.6 Å². The molecule has 2 rings (SSSR count). The van der Waals surface area contributed by atoms with Crippen LogP contribution < -0.4 is 10.5 Å². The molecule has 0 saturated heterocycles. The highest BCUT2D eigenvalue weighted by molar-refractivity contribution is 7.89. The smallest absolute Gasteiger partial charge is 0.242 e. The highest BCUT2D eigenvalue weighted by atomic mass is 35.5. The van der Waals surface area contributed by atoms with Crippen LogP contribution in [-0.4, -0.2) is 13.4 Å². The SMILES string of the molecule is CC(NS(=O)(=O)c1cc(CN)ccc1Cl)c1nccs1. The molecule has 1 aromatic heterocycles. The summed E-state index contributed by atoms with van der Waals surface area (Å²) < 4.78 is 27.3. The van der Waals surface area contributed by atoms with E-state index in [1.54, 1.807) is 24.6 Å². The molecule has 108 valence electrons. The fourth-order valence-electron chi connectivity index (χ4n) is 1.68. The van der Waals surface area contributed by atoms with E-state index >= 15 is 0 Å². The van der Waals surface area contributed by atoms with Gasteiger partial charge in [0, 0.05) is 18.1 Å². The molecule has 0 spiro atoms. The lowest BCUT2D eigenvalue weighted by Gasteiger charge is -2.13. The topological polar surface area (TPSA) is 85.1 Å². The molecule has 0 fully saturated rings. The highest BCUT2D eigenvalue weighted by Crippen LogP contribution is 2.25. The molecule has 5 nitrogen and oxygen atoms in total. The van der Waals surface area contributed by atoms with Crippen LogP contribution in [0.1, 0.15) is 23.5 Å². The van der Waals surface area contributed by atoms with Crippen molar-refractivity contribution in [3.05, 3.63) is 45.4 Å². The maximum absolute atomic E-state index is 12.4.